The van der Waals surface area contributed by atoms with E-state index in [4.69, 9.17) is 10.5 Å². The Morgan fingerprint density at radius 3 is 2.70 bits per heavy atom. The molecule has 0 aliphatic heterocycles. The van der Waals surface area contributed by atoms with Crippen LogP contribution in [0.4, 0.5) is 4.39 Å². The van der Waals surface area contributed by atoms with Crippen molar-refractivity contribution in [1.82, 2.24) is 4.90 Å². The zero-order chi connectivity index (χ0) is 16.8. The maximum absolute atomic E-state index is 13.1. The van der Waals surface area contributed by atoms with E-state index < -0.39 is 0 Å². The molecule has 0 spiro atoms. The lowest BCUT2D eigenvalue weighted by molar-refractivity contribution is 0.0748. The molecule has 0 heterocycles. The molecule has 0 bridgehead atoms. The van der Waals surface area contributed by atoms with Crippen LogP contribution in [0.25, 0.3) is 0 Å². The highest BCUT2D eigenvalue weighted by atomic mass is 19.1. The average molecular weight is 316 g/mol. The highest BCUT2D eigenvalue weighted by Crippen LogP contribution is 2.15. The summed E-state index contributed by atoms with van der Waals surface area (Å²) >= 11 is 0. The summed E-state index contributed by atoms with van der Waals surface area (Å²) in [6, 6.07) is 13.1. The predicted octanol–water partition coefficient (Wildman–Crippen LogP) is 2.82. The van der Waals surface area contributed by atoms with Crippen molar-refractivity contribution in [1.29, 1.82) is 0 Å². The first-order valence-corrected chi connectivity index (χ1v) is 7.46. The Morgan fingerprint density at radius 2 is 2.00 bits per heavy atom. The fourth-order valence-electron chi connectivity index (χ4n) is 2.08. The summed E-state index contributed by atoms with van der Waals surface area (Å²) in [6.07, 6.45) is 0. The summed E-state index contributed by atoms with van der Waals surface area (Å²) < 4.78 is 18.7. The summed E-state index contributed by atoms with van der Waals surface area (Å²) in [7, 11) is 1.73. The SMILES string of the molecule is CC(CN)N(C)C(=O)c1cccc(COc2cccc(F)c2)c1. The van der Waals surface area contributed by atoms with E-state index in [2.05, 4.69) is 0 Å². The minimum Gasteiger partial charge on any atom is -0.489 e. The Balaban J connectivity index is 2.06. The maximum Gasteiger partial charge on any atom is 0.253 e. The van der Waals surface area contributed by atoms with Crippen molar-refractivity contribution < 1.29 is 13.9 Å². The Bertz CT molecular complexity index is 676. The molecule has 1 atom stereocenters. The Labute approximate surface area is 135 Å². The van der Waals surface area contributed by atoms with Crippen molar-refractivity contribution >= 4 is 5.91 Å². The average Bonchev–Trinajstić information content (AvgIpc) is 2.58. The number of rotatable bonds is 6. The van der Waals surface area contributed by atoms with E-state index in [0.717, 1.165) is 5.56 Å². The highest BCUT2D eigenvalue weighted by molar-refractivity contribution is 5.94. The van der Waals surface area contributed by atoms with Gasteiger partial charge in [0.15, 0.2) is 0 Å². The van der Waals surface area contributed by atoms with Crippen LogP contribution in [0, 0.1) is 5.82 Å². The number of carbonyl (C=O) groups excluding carboxylic acids is 1. The molecular formula is C18H21FN2O2. The summed E-state index contributed by atoms with van der Waals surface area (Å²) in [5.41, 5.74) is 7.02. The molecule has 1 unspecified atom stereocenters. The van der Waals surface area contributed by atoms with Gasteiger partial charge in [-0.1, -0.05) is 18.2 Å². The molecular weight excluding hydrogens is 295 g/mol. The fraction of sp³-hybridized carbons (Fsp3) is 0.278. The minimum absolute atomic E-state index is 0.0327. The molecule has 1 amide bonds. The molecule has 0 fully saturated rings. The highest BCUT2D eigenvalue weighted by Gasteiger charge is 2.16. The molecule has 0 radical (unpaired) electrons. The van der Waals surface area contributed by atoms with Crippen molar-refractivity contribution in [3.05, 3.63) is 65.5 Å². The van der Waals surface area contributed by atoms with Crippen LogP contribution in [-0.4, -0.2) is 30.4 Å². The van der Waals surface area contributed by atoms with Gasteiger partial charge < -0.3 is 15.4 Å². The molecule has 2 aromatic rings. The van der Waals surface area contributed by atoms with Gasteiger partial charge in [0.1, 0.15) is 18.2 Å². The number of nitrogens with zero attached hydrogens (tertiary/aromatic N) is 1. The van der Waals surface area contributed by atoms with E-state index >= 15 is 0 Å². The van der Waals surface area contributed by atoms with Gasteiger partial charge in [0.25, 0.3) is 5.91 Å². The van der Waals surface area contributed by atoms with Crippen LogP contribution in [-0.2, 0) is 6.61 Å². The van der Waals surface area contributed by atoms with Crippen molar-refractivity contribution in [2.24, 2.45) is 5.73 Å². The van der Waals surface area contributed by atoms with Crippen molar-refractivity contribution in [2.45, 2.75) is 19.6 Å². The third-order valence-corrected chi connectivity index (χ3v) is 3.70. The molecule has 2 aromatic carbocycles. The second kappa shape index (κ2) is 7.74. The van der Waals surface area contributed by atoms with Gasteiger partial charge in [-0.15, -0.1) is 0 Å². The van der Waals surface area contributed by atoms with E-state index in [-0.39, 0.29) is 24.4 Å². The molecule has 2 N–H and O–H groups in total. The van der Waals surface area contributed by atoms with Crippen LogP contribution in [0.2, 0.25) is 0 Å². The van der Waals surface area contributed by atoms with Crippen LogP contribution in [0.15, 0.2) is 48.5 Å². The molecule has 4 nitrogen and oxygen atoms in total. The topological polar surface area (TPSA) is 55.6 Å². The summed E-state index contributed by atoms with van der Waals surface area (Å²) in [5, 5.41) is 0. The molecule has 0 aliphatic rings. The standard InChI is InChI=1S/C18H21FN2O2/c1-13(11-20)21(2)18(22)15-6-3-5-14(9-15)12-23-17-8-4-7-16(19)10-17/h3-10,13H,11-12,20H2,1-2H3. The zero-order valence-corrected chi connectivity index (χ0v) is 13.3. The number of benzene rings is 2. The number of ether oxygens (including phenoxy) is 1. The second-order valence-corrected chi connectivity index (χ2v) is 5.45. The van der Waals surface area contributed by atoms with Gasteiger partial charge >= 0.3 is 0 Å². The quantitative estimate of drug-likeness (QED) is 0.891. The third kappa shape index (κ3) is 4.53. The van der Waals surface area contributed by atoms with Crippen LogP contribution in [0.3, 0.4) is 0 Å². The van der Waals surface area contributed by atoms with Crippen molar-refractivity contribution in [3.63, 3.8) is 0 Å². The summed E-state index contributed by atoms with van der Waals surface area (Å²) in [6.45, 7) is 2.57. The number of hydrogen-bond acceptors (Lipinski definition) is 3. The molecule has 23 heavy (non-hydrogen) atoms. The Hall–Kier alpha value is -2.40. The van der Waals surface area contributed by atoms with E-state index in [1.807, 2.05) is 13.0 Å². The van der Waals surface area contributed by atoms with Gasteiger partial charge in [-0.2, -0.15) is 0 Å². The summed E-state index contributed by atoms with van der Waals surface area (Å²) in [5.74, 6) is 0.0231. The molecule has 122 valence electrons. The number of carbonyl (C=O) groups is 1. The predicted molar refractivity (Wildman–Crippen MR) is 87.8 cm³/mol. The number of hydrogen-bond donors (Lipinski definition) is 1. The van der Waals surface area contributed by atoms with Crippen LogP contribution >= 0.6 is 0 Å². The lowest BCUT2D eigenvalue weighted by Gasteiger charge is -2.23. The van der Waals surface area contributed by atoms with Crippen LogP contribution in [0.5, 0.6) is 5.75 Å². The molecule has 0 aromatic heterocycles. The van der Waals surface area contributed by atoms with E-state index in [1.54, 1.807) is 42.3 Å². The van der Waals surface area contributed by atoms with Gasteiger partial charge in [-0.05, 0) is 36.8 Å². The Morgan fingerprint density at radius 1 is 1.26 bits per heavy atom. The van der Waals surface area contributed by atoms with Gasteiger partial charge in [-0.25, -0.2) is 4.39 Å². The number of likely N-dealkylation sites (N-methyl/N-ethyl adjacent to an activating group) is 1. The number of halogens is 1. The maximum atomic E-state index is 13.1. The number of amides is 1. The largest absolute Gasteiger partial charge is 0.489 e. The second-order valence-electron chi connectivity index (χ2n) is 5.45. The smallest absolute Gasteiger partial charge is 0.253 e. The van der Waals surface area contributed by atoms with Gasteiger partial charge in [0, 0.05) is 31.3 Å². The zero-order valence-electron chi connectivity index (χ0n) is 13.3. The fourth-order valence-corrected chi connectivity index (χ4v) is 2.08. The lowest BCUT2D eigenvalue weighted by atomic mass is 10.1. The first-order chi connectivity index (χ1) is 11.0. The van der Waals surface area contributed by atoms with Gasteiger partial charge in [0.05, 0.1) is 0 Å². The van der Waals surface area contributed by atoms with Crippen molar-refractivity contribution in [2.75, 3.05) is 13.6 Å². The lowest BCUT2D eigenvalue weighted by Crippen LogP contribution is -2.39. The first-order valence-electron chi connectivity index (χ1n) is 7.46. The molecule has 0 saturated carbocycles. The van der Waals surface area contributed by atoms with Crippen LogP contribution in [0.1, 0.15) is 22.8 Å². The van der Waals surface area contributed by atoms with E-state index in [9.17, 15) is 9.18 Å². The van der Waals surface area contributed by atoms with E-state index in [0.29, 0.717) is 17.9 Å². The number of nitrogens with two attached hydrogens (primary N) is 1. The molecule has 5 heteroatoms. The Kier molecular flexibility index (Phi) is 5.71. The van der Waals surface area contributed by atoms with Crippen LogP contribution < -0.4 is 10.5 Å². The minimum atomic E-state index is -0.344. The van der Waals surface area contributed by atoms with Gasteiger partial charge in [-0.3, -0.25) is 4.79 Å². The third-order valence-electron chi connectivity index (χ3n) is 3.70. The monoisotopic (exact) mass is 316 g/mol. The van der Waals surface area contributed by atoms with E-state index in [1.165, 1.54) is 12.1 Å². The molecule has 0 aliphatic carbocycles. The normalized spacial score (nSPS) is 11.8. The first kappa shape index (κ1) is 17.0. The molecule has 2 rings (SSSR count). The van der Waals surface area contributed by atoms with Gasteiger partial charge in [0.2, 0.25) is 0 Å². The summed E-state index contributed by atoms with van der Waals surface area (Å²) in [4.78, 5) is 14.0. The van der Waals surface area contributed by atoms with Crippen molar-refractivity contribution in [3.8, 4) is 5.75 Å². The molecule has 0 saturated heterocycles.